The van der Waals surface area contributed by atoms with Crippen LogP contribution in [0.1, 0.15) is 36.3 Å². The van der Waals surface area contributed by atoms with Gasteiger partial charge in [-0.25, -0.2) is 4.68 Å². The molecule has 4 nitrogen and oxygen atoms in total. The molecule has 2 unspecified atom stereocenters. The van der Waals surface area contributed by atoms with E-state index < -0.39 is 18.3 Å². The zero-order chi connectivity index (χ0) is 17.9. The third-order valence-electron chi connectivity index (χ3n) is 3.99. The van der Waals surface area contributed by atoms with Crippen molar-refractivity contribution in [2.75, 3.05) is 6.54 Å². The van der Waals surface area contributed by atoms with Gasteiger partial charge < -0.3 is 5.11 Å². The molecule has 0 spiro atoms. The van der Waals surface area contributed by atoms with E-state index in [1.807, 2.05) is 18.2 Å². The third-order valence-corrected chi connectivity index (χ3v) is 3.99. The minimum Gasteiger partial charge on any atom is -0.392 e. The van der Waals surface area contributed by atoms with Gasteiger partial charge >= 0.3 is 6.18 Å². The van der Waals surface area contributed by atoms with Crippen LogP contribution in [0, 0.1) is 13.8 Å². The van der Waals surface area contributed by atoms with Gasteiger partial charge in [-0.3, -0.25) is 5.32 Å². The van der Waals surface area contributed by atoms with Crippen LogP contribution in [0.25, 0.3) is 5.69 Å². The van der Waals surface area contributed by atoms with Crippen LogP contribution in [0.4, 0.5) is 13.2 Å². The first-order valence-electron chi connectivity index (χ1n) is 7.85. The molecule has 24 heavy (non-hydrogen) atoms. The summed E-state index contributed by atoms with van der Waals surface area (Å²) in [5.41, 5.74) is 1.56. The number of aromatic nitrogens is 2. The number of rotatable bonds is 6. The van der Waals surface area contributed by atoms with E-state index in [2.05, 4.69) is 10.4 Å². The Morgan fingerprint density at radius 1 is 1.21 bits per heavy atom. The second-order valence-electron chi connectivity index (χ2n) is 5.78. The normalized spacial score (nSPS) is 14.6. The van der Waals surface area contributed by atoms with E-state index in [1.165, 1.54) is 4.68 Å². The second-order valence-corrected chi connectivity index (χ2v) is 5.78. The minimum atomic E-state index is -4.48. The van der Waals surface area contributed by atoms with Gasteiger partial charge in [0, 0.05) is 17.8 Å². The highest BCUT2D eigenvalue weighted by atomic mass is 19.4. The lowest BCUT2D eigenvalue weighted by Crippen LogP contribution is -2.39. The molecule has 7 heteroatoms. The van der Waals surface area contributed by atoms with Crippen LogP contribution < -0.4 is 5.32 Å². The maximum atomic E-state index is 13.6. The van der Waals surface area contributed by atoms with Crippen LogP contribution in [0.15, 0.2) is 30.3 Å². The van der Waals surface area contributed by atoms with Crippen molar-refractivity contribution in [1.29, 1.82) is 0 Å². The van der Waals surface area contributed by atoms with Crippen LogP contribution in [0.5, 0.6) is 0 Å². The van der Waals surface area contributed by atoms with Crippen molar-refractivity contribution in [1.82, 2.24) is 15.1 Å². The van der Waals surface area contributed by atoms with Gasteiger partial charge in [-0.05, 0) is 32.4 Å². The fourth-order valence-corrected chi connectivity index (χ4v) is 2.67. The quantitative estimate of drug-likeness (QED) is 0.846. The number of nitrogens with one attached hydrogen (secondary N) is 1. The molecule has 1 aromatic heterocycles. The van der Waals surface area contributed by atoms with Gasteiger partial charge in [0.1, 0.15) is 6.04 Å². The molecule has 1 aromatic carbocycles. The Morgan fingerprint density at radius 2 is 1.83 bits per heavy atom. The fraction of sp³-hybridized carbons (Fsp3) is 0.471. The molecule has 2 aromatic rings. The maximum Gasteiger partial charge on any atom is 0.408 e. The van der Waals surface area contributed by atoms with Gasteiger partial charge in [-0.15, -0.1) is 0 Å². The van der Waals surface area contributed by atoms with Crippen LogP contribution in [-0.4, -0.2) is 33.7 Å². The molecule has 2 atom stereocenters. The van der Waals surface area contributed by atoms with Crippen LogP contribution >= 0.6 is 0 Å². The molecule has 0 aliphatic heterocycles. The Morgan fingerprint density at radius 3 is 2.38 bits per heavy atom. The van der Waals surface area contributed by atoms with Gasteiger partial charge in [0.05, 0.1) is 17.5 Å². The fourth-order valence-electron chi connectivity index (χ4n) is 2.67. The number of aliphatic hydroxyl groups is 1. The number of halogens is 3. The zero-order valence-electron chi connectivity index (χ0n) is 13.9. The van der Waals surface area contributed by atoms with E-state index in [0.717, 1.165) is 0 Å². The largest absolute Gasteiger partial charge is 0.408 e. The van der Waals surface area contributed by atoms with Crippen molar-refractivity contribution in [3.8, 4) is 5.69 Å². The molecular weight excluding hydrogens is 319 g/mol. The molecule has 0 fully saturated rings. The van der Waals surface area contributed by atoms with Crippen molar-refractivity contribution in [3.63, 3.8) is 0 Å². The van der Waals surface area contributed by atoms with Crippen LogP contribution in [0.3, 0.4) is 0 Å². The summed E-state index contributed by atoms with van der Waals surface area (Å²) in [5.74, 6) is 0. The molecule has 2 rings (SSSR count). The molecule has 1 heterocycles. The molecule has 2 N–H and O–H groups in total. The van der Waals surface area contributed by atoms with E-state index in [0.29, 0.717) is 23.5 Å². The Balaban J connectivity index is 2.42. The van der Waals surface area contributed by atoms with E-state index in [-0.39, 0.29) is 12.1 Å². The highest BCUT2D eigenvalue weighted by Gasteiger charge is 2.43. The lowest BCUT2D eigenvalue weighted by atomic mass is 10.0. The van der Waals surface area contributed by atoms with Crippen molar-refractivity contribution in [2.24, 2.45) is 0 Å². The van der Waals surface area contributed by atoms with E-state index in [9.17, 15) is 18.3 Å². The molecule has 0 saturated carbocycles. The summed E-state index contributed by atoms with van der Waals surface area (Å²) in [7, 11) is 0. The molecule has 0 aliphatic carbocycles. The molecule has 0 bridgehead atoms. The summed E-state index contributed by atoms with van der Waals surface area (Å²) >= 11 is 0. The molecule has 0 saturated heterocycles. The molecule has 132 valence electrons. The van der Waals surface area contributed by atoms with Gasteiger partial charge in [0.25, 0.3) is 0 Å². The standard InChI is InChI=1S/C17H22F3N3O/c1-4-14(24)10-21-16(17(18,19)20)15-11(2)22-23(12(15)3)13-8-6-5-7-9-13/h5-9,14,16,21,24H,4,10H2,1-3H3. The Labute approximate surface area is 139 Å². The molecular formula is C17H22F3N3O. The highest BCUT2D eigenvalue weighted by molar-refractivity contribution is 5.38. The summed E-state index contributed by atoms with van der Waals surface area (Å²) < 4.78 is 42.2. The Hall–Kier alpha value is -1.86. The summed E-state index contributed by atoms with van der Waals surface area (Å²) in [4.78, 5) is 0. The predicted molar refractivity (Wildman–Crippen MR) is 86.1 cm³/mol. The first-order chi connectivity index (χ1) is 11.3. The monoisotopic (exact) mass is 341 g/mol. The highest BCUT2D eigenvalue weighted by Crippen LogP contribution is 2.36. The second kappa shape index (κ2) is 7.36. The Kier molecular flexibility index (Phi) is 5.66. The van der Waals surface area contributed by atoms with Crippen LogP contribution in [0.2, 0.25) is 0 Å². The Bertz CT molecular complexity index is 668. The van der Waals surface area contributed by atoms with Gasteiger partial charge in [0.15, 0.2) is 0 Å². The smallest absolute Gasteiger partial charge is 0.392 e. The molecule has 0 aliphatic rings. The lowest BCUT2D eigenvalue weighted by molar-refractivity contribution is -0.159. The summed E-state index contributed by atoms with van der Waals surface area (Å²) in [5, 5.41) is 16.3. The average molecular weight is 341 g/mol. The summed E-state index contributed by atoms with van der Waals surface area (Å²) in [6.45, 7) is 4.78. The number of para-hydroxylation sites is 1. The van der Waals surface area contributed by atoms with Crippen molar-refractivity contribution < 1.29 is 18.3 Å². The van der Waals surface area contributed by atoms with Crippen molar-refractivity contribution in [2.45, 2.75) is 45.5 Å². The third kappa shape index (κ3) is 3.96. The average Bonchev–Trinajstić information content (AvgIpc) is 2.82. The zero-order valence-corrected chi connectivity index (χ0v) is 13.9. The van der Waals surface area contributed by atoms with Gasteiger partial charge in [-0.2, -0.15) is 18.3 Å². The summed E-state index contributed by atoms with van der Waals surface area (Å²) in [6.07, 6.45) is -4.91. The number of nitrogens with zero attached hydrogens (tertiary/aromatic N) is 2. The SMILES string of the molecule is CCC(O)CNC(c1c(C)nn(-c2ccccc2)c1C)C(F)(F)F. The number of alkyl halides is 3. The molecule has 0 radical (unpaired) electrons. The first kappa shape index (κ1) is 18.5. The lowest BCUT2D eigenvalue weighted by Gasteiger charge is -2.23. The van der Waals surface area contributed by atoms with E-state index in [4.69, 9.17) is 0 Å². The minimum absolute atomic E-state index is 0.106. The number of aliphatic hydroxyl groups excluding tert-OH is 1. The van der Waals surface area contributed by atoms with E-state index in [1.54, 1.807) is 32.9 Å². The van der Waals surface area contributed by atoms with Crippen molar-refractivity contribution in [3.05, 3.63) is 47.3 Å². The molecule has 0 amide bonds. The predicted octanol–water partition coefficient (Wildman–Crippen LogP) is 3.45. The van der Waals surface area contributed by atoms with Crippen molar-refractivity contribution >= 4 is 0 Å². The number of hydrogen-bond donors (Lipinski definition) is 2. The summed E-state index contributed by atoms with van der Waals surface area (Å²) in [6, 6.07) is 7.17. The number of benzene rings is 1. The van der Waals surface area contributed by atoms with Crippen LogP contribution in [-0.2, 0) is 0 Å². The van der Waals surface area contributed by atoms with E-state index >= 15 is 0 Å². The van der Waals surface area contributed by atoms with Gasteiger partial charge in [0.2, 0.25) is 0 Å². The topological polar surface area (TPSA) is 50.1 Å². The number of aryl methyl sites for hydroxylation is 1. The maximum absolute atomic E-state index is 13.6. The van der Waals surface area contributed by atoms with Gasteiger partial charge in [-0.1, -0.05) is 25.1 Å². The number of hydrogen-bond acceptors (Lipinski definition) is 3. The first-order valence-corrected chi connectivity index (χ1v) is 7.85.